The van der Waals surface area contributed by atoms with Gasteiger partial charge in [0.15, 0.2) is 0 Å². The number of nitriles is 1. The Hall–Kier alpha value is -3.70. The standard InChI is InChI=1S/C27H27F3N4O/c1-18(2)17-24(26(35)32-16-15-31)34-25(27(28,29)30)21-10-7-19(8-11-21)9-13-22-14-12-20-5-3-4-6-23(20)33-22/h3-14,18,24-25,34H,16-17H2,1-2H3,(H,32,35)/b13-9+/t24-,25-/m0/s1. The van der Waals surface area contributed by atoms with Gasteiger partial charge in [-0.3, -0.25) is 10.1 Å². The van der Waals surface area contributed by atoms with Crippen LogP contribution in [-0.4, -0.2) is 29.7 Å². The van der Waals surface area contributed by atoms with Crippen molar-refractivity contribution in [2.24, 2.45) is 5.92 Å². The van der Waals surface area contributed by atoms with Crippen molar-refractivity contribution < 1.29 is 18.0 Å². The summed E-state index contributed by atoms with van der Waals surface area (Å²) in [5, 5.41) is 14.5. The van der Waals surface area contributed by atoms with Gasteiger partial charge in [-0.05, 0) is 41.7 Å². The predicted octanol–water partition coefficient (Wildman–Crippen LogP) is 5.65. The van der Waals surface area contributed by atoms with E-state index in [0.717, 1.165) is 22.2 Å². The van der Waals surface area contributed by atoms with Crippen LogP contribution in [0.3, 0.4) is 0 Å². The molecule has 0 saturated heterocycles. The highest BCUT2D eigenvalue weighted by Gasteiger charge is 2.42. The number of carbonyl (C=O) groups excluding carboxylic acids is 1. The molecule has 35 heavy (non-hydrogen) atoms. The van der Waals surface area contributed by atoms with Gasteiger partial charge in [0.25, 0.3) is 0 Å². The number of hydrogen-bond donors (Lipinski definition) is 2. The van der Waals surface area contributed by atoms with Crippen molar-refractivity contribution in [1.29, 1.82) is 5.26 Å². The number of alkyl halides is 3. The Bertz CT molecular complexity index is 1210. The van der Waals surface area contributed by atoms with Crippen LogP contribution in [0.2, 0.25) is 0 Å². The van der Waals surface area contributed by atoms with E-state index >= 15 is 0 Å². The topological polar surface area (TPSA) is 77.8 Å². The smallest absolute Gasteiger partial charge is 0.342 e. The summed E-state index contributed by atoms with van der Waals surface area (Å²) in [7, 11) is 0. The minimum atomic E-state index is -4.61. The van der Waals surface area contributed by atoms with Gasteiger partial charge in [-0.25, -0.2) is 4.98 Å². The third kappa shape index (κ3) is 7.39. The molecule has 3 rings (SSSR count). The number of rotatable bonds is 9. The third-order valence-electron chi connectivity index (χ3n) is 5.40. The Balaban J connectivity index is 1.78. The molecule has 2 aromatic carbocycles. The highest BCUT2D eigenvalue weighted by Crippen LogP contribution is 2.34. The Morgan fingerprint density at radius 1 is 1.06 bits per heavy atom. The lowest BCUT2D eigenvalue weighted by atomic mass is 9.99. The Labute approximate surface area is 202 Å². The summed E-state index contributed by atoms with van der Waals surface area (Å²) >= 11 is 0. The minimum Gasteiger partial charge on any atom is -0.342 e. The number of benzene rings is 2. The second-order valence-electron chi connectivity index (χ2n) is 8.63. The summed E-state index contributed by atoms with van der Waals surface area (Å²) < 4.78 is 41.8. The molecule has 3 aromatic rings. The van der Waals surface area contributed by atoms with Crippen LogP contribution in [0.25, 0.3) is 23.1 Å². The fourth-order valence-electron chi connectivity index (χ4n) is 3.71. The number of nitrogens with one attached hydrogen (secondary N) is 2. The van der Waals surface area contributed by atoms with Crippen molar-refractivity contribution in [3.8, 4) is 6.07 Å². The molecule has 2 atom stereocenters. The van der Waals surface area contributed by atoms with Crippen molar-refractivity contribution >= 4 is 29.0 Å². The molecule has 0 fully saturated rings. The Kier molecular flexibility index (Phi) is 8.61. The summed E-state index contributed by atoms with van der Waals surface area (Å²) in [6, 6.07) is 16.2. The van der Waals surface area contributed by atoms with Gasteiger partial charge in [0.1, 0.15) is 12.6 Å². The molecule has 1 aromatic heterocycles. The van der Waals surface area contributed by atoms with Gasteiger partial charge in [0.05, 0.1) is 23.3 Å². The lowest BCUT2D eigenvalue weighted by Crippen LogP contribution is -2.49. The fraction of sp³-hybridized carbons (Fsp3) is 0.296. The van der Waals surface area contributed by atoms with Crippen molar-refractivity contribution in [3.63, 3.8) is 0 Å². The molecular weight excluding hydrogens is 453 g/mol. The van der Waals surface area contributed by atoms with Crippen LogP contribution < -0.4 is 10.6 Å². The largest absolute Gasteiger partial charge is 0.407 e. The number of amides is 1. The molecule has 182 valence electrons. The molecule has 0 aliphatic heterocycles. The molecule has 1 heterocycles. The lowest BCUT2D eigenvalue weighted by Gasteiger charge is -2.28. The van der Waals surface area contributed by atoms with Gasteiger partial charge in [0.2, 0.25) is 5.91 Å². The summed E-state index contributed by atoms with van der Waals surface area (Å²) in [6.07, 6.45) is -0.826. The maximum Gasteiger partial charge on any atom is 0.407 e. The van der Waals surface area contributed by atoms with Gasteiger partial charge >= 0.3 is 6.18 Å². The molecule has 0 saturated carbocycles. The monoisotopic (exact) mass is 480 g/mol. The predicted molar refractivity (Wildman–Crippen MR) is 131 cm³/mol. The number of hydrogen-bond acceptors (Lipinski definition) is 4. The Morgan fingerprint density at radius 3 is 2.43 bits per heavy atom. The van der Waals surface area contributed by atoms with Gasteiger partial charge < -0.3 is 5.32 Å². The highest BCUT2D eigenvalue weighted by molar-refractivity contribution is 5.82. The van der Waals surface area contributed by atoms with Gasteiger partial charge in [-0.2, -0.15) is 18.4 Å². The summed E-state index contributed by atoms with van der Waals surface area (Å²) in [4.78, 5) is 16.9. The number of fused-ring (bicyclic) bond motifs is 1. The van der Waals surface area contributed by atoms with Gasteiger partial charge in [0, 0.05) is 5.39 Å². The quantitative estimate of drug-likeness (QED) is 0.388. The van der Waals surface area contributed by atoms with E-state index in [-0.39, 0.29) is 24.4 Å². The molecular formula is C27H27F3N4O. The summed E-state index contributed by atoms with van der Waals surface area (Å²) in [5.74, 6) is -0.651. The van der Waals surface area contributed by atoms with E-state index in [1.165, 1.54) is 12.1 Å². The normalized spacial score (nSPS) is 13.6. The van der Waals surface area contributed by atoms with E-state index in [2.05, 4.69) is 15.6 Å². The highest BCUT2D eigenvalue weighted by atomic mass is 19.4. The zero-order chi connectivity index (χ0) is 25.4. The number of aromatic nitrogens is 1. The first kappa shape index (κ1) is 25.9. The average Bonchev–Trinajstić information content (AvgIpc) is 2.83. The number of pyridine rings is 1. The van der Waals surface area contributed by atoms with Crippen molar-refractivity contribution in [2.45, 2.75) is 38.5 Å². The zero-order valence-corrected chi connectivity index (χ0v) is 19.5. The molecule has 0 aliphatic rings. The number of nitrogens with zero attached hydrogens (tertiary/aromatic N) is 2. The second kappa shape index (κ2) is 11.6. The SMILES string of the molecule is CC(C)C[C@H](N[C@@H](c1ccc(/C=C/c2ccc3ccccc3n2)cc1)C(F)(F)F)C(=O)NCC#N. The van der Waals surface area contributed by atoms with Gasteiger partial charge in [-0.15, -0.1) is 0 Å². The first-order valence-electron chi connectivity index (χ1n) is 11.3. The summed E-state index contributed by atoms with van der Waals surface area (Å²) in [6.45, 7) is 3.37. The van der Waals surface area contributed by atoms with E-state index < -0.39 is 24.2 Å². The van der Waals surface area contributed by atoms with Crippen LogP contribution in [0, 0.1) is 17.2 Å². The van der Waals surface area contributed by atoms with E-state index in [4.69, 9.17) is 5.26 Å². The molecule has 0 radical (unpaired) electrons. The molecule has 0 unspecified atom stereocenters. The van der Waals surface area contributed by atoms with Crippen LogP contribution >= 0.6 is 0 Å². The molecule has 0 spiro atoms. The molecule has 0 bridgehead atoms. The number of halogens is 3. The van der Waals surface area contributed by atoms with E-state index in [1.807, 2.05) is 50.2 Å². The molecule has 2 N–H and O–H groups in total. The minimum absolute atomic E-state index is 0.000296. The van der Waals surface area contributed by atoms with E-state index in [0.29, 0.717) is 0 Å². The van der Waals surface area contributed by atoms with Gasteiger partial charge in [-0.1, -0.05) is 68.5 Å². The third-order valence-corrected chi connectivity index (χ3v) is 5.40. The average molecular weight is 481 g/mol. The molecule has 0 aliphatic carbocycles. The maximum absolute atomic E-state index is 13.9. The van der Waals surface area contributed by atoms with Crippen LogP contribution in [0.1, 0.15) is 43.1 Å². The first-order chi connectivity index (χ1) is 16.7. The number of para-hydroxylation sites is 1. The lowest BCUT2D eigenvalue weighted by molar-refractivity contribution is -0.161. The Morgan fingerprint density at radius 2 is 1.77 bits per heavy atom. The molecule has 5 nitrogen and oxygen atoms in total. The summed E-state index contributed by atoms with van der Waals surface area (Å²) in [5.41, 5.74) is 2.32. The van der Waals surface area contributed by atoms with Crippen molar-refractivity contribution in [2.75, 3.05) is 6.54 Å². The zero-order valence-electron chi connectivity index (χ0n) is 19.5. The van der Waals surface area contributed by atoms with Crippen molar-refractivity contribution in [3.05, 3.63) is 77.5 Å². The molecule has 1 amide bonds. The van der Waals surface area contributed by atoms with E-state index in [9.17, 15) is 18.0 Å². The first-order valence-corrected chi connectivity index (χ1v) is 11.3. The fourth-order valence-corrected chi connectivity index (χ4v) is 3.71. The molecule has 8 heteroatoms. The van der Waals surface area contributed by atoms with E-state index in [1.54, 1.807) is 30.4 Å². The van der Waals surface area contributed by atoms with Crippen LogP contribution in [0.5, 0.6) is 0 Å². The number of carbonyl (C=O) groups is 1. The van der Waals surface area contributed by atoms with Crippen LogP contribution in [0.4, 0.5) is 13.2 Å². The van der Waals surface area contributed by atoms with Crippen LogP contribution in [-0.2, 0) is 4.79 Å². The van der Waals surface area contributed by atoms with Crippen LogP contribution in [0.15, 0.2) is 60.7 Å². The second-order valence-corrected chi connectivity index (χ2v) is 8.63. The maximum atomic E-state index is 13.9. The van der Waals surface area contributed by atoms with Crippen molar-refractivity contribution in [1.82, 2.24) is 15.6 Å².